The maximum absolute atomic E-state index is 11.8. The van der Waals surface area contributed by atoms with Crippen LogP contribution in [0.4, 0.5) is 13.2 Å². The van der Waals surface area contributed by atoms with Gasteiger partial charge in [0.25, 0.3) is 0 Å². The quantitative estimate of drug-likeness (QED) is 0.814. The monoisotopic (exact) mass is 215 g/mol. The fourth-order valence-electron chi connectivity index (χ4n) is 1.13. The number of alkyl halides is 3. The van der Waals surface area contributed by atoms with Crippen LogP contribution in [0, 0.1) is 0 Å². The molecule has 0 unspecified atom stereocenters. The predicted octanol–water partition coefficient (Wildman–Crippen LogP) is 2.85. The van der Waals surface area contributed by atoms with Crippen LogP contribution in [0.1, 0.15) is 5.56 Å². The molecule has 0 spiro atoms. The van der Waals surface area contributed by atoms with Crippen molar-refractivity contribution in [3.63, 3.8) is 0 Å². The molecule has 0 atom stereocenters. The molecule has 0 aliphatic heterocycles. The van der Waals surface area contributed by atoms with Gasteiger partial charge in [-0.15, -0.1) is 0 Å². The summed E-state index contributed by atoms with van der Waals surface area (Å²) >= 11 is 0. The molecule has 0 saturated carbocycles. The highest BCUT2D eigenvalue weighted by Gasteiger charge is 2.26. The molecule has 0 radical (unpaired) electrons. The normalized spacial score (nSPS) is 11.4. The van der Waals surface area contributed by atoms with Gasteiger partial charge in [0.2, 0.25) is 0 Å². The first-order valence-electron chi connectivity index (χ1n) is 4.50. The third-order valence-electron chi connectivity index (χ3n) is 1.85. The van der Waals surface area contributed by atoms with Crippen molar-refractivity contribution in [1.29, 1.82) is 0 Å². The summed E-state index contributed by atoms with van der Waals surface area (Å²) in [5.74, 6) is 0. The number of benzene rings is 1. The van der Waals surface area contributed by atoms with E-state index in [1.165, 1.54) is 0 Å². The average molecular weight is 215 g/mol. The lowest BCUT2D eigenvalue weighted by molar-refractivity contribution is -0.124. The second kappa shape index (κ2) is 4.98. The van der Waals surface area contributed by atoms with Crippen molar-refractivity contribution in [2.45, 2.75) is 6.18 Å². The van der Waals surface area contributed by atoms with E-state index in [0.29, 0.717) is 5.57 Å². The molecule has 0 aliphatic rings. The summed E-state index contributed by atoms with van der Waals surface area (Å²) in [6.07, 6.45) is -4.17. The standard InChI is InChI=1S/C11H12F3N/c1-9(7-15-8-11(12,13)14)10-5-3-2-4-6-10/h2-6,15H,1,7-8H2. The van der Waals surface area contributed by atoms with Crippen molar-refractivity contribution in [2.24, 2.45) is 0 Å². The summed E-state index contributed by atoms with van der Waals surface area (Å²) in [5.41, 5.74) is 1.51. The van der Waals surface area contributed by atoms with E-state index >= 15 is 0 Å². The molecule has 0 amide bonds. The number of rotatable bonds is 4. The Bertz CT molecular complexity index is 316. The molecule has 1 aromatic rings. The molecule has 15 heavy (non-hydrogen) atoms. The largest absolute Gasteiger partial charge is 0.401 e. The molecule has 1 aromatic carbocycles. The van der Waals surface area contributed by atoms with Gasteiger partial charge in [-0.05, 0) is 11.1 Å². The summed E-state index contributed by atoms with van der Waals surface area (Å²) in [5, 5.41) is 2.30. The van der Waals surface area contributed by atoms with Crippen molar-refractivity contribution in [1.82, 2.24) is 5.32 Å². The van der Waals surface area contributed by atoms with Gasteiger partial charge in [-0.3, -0.25) is 0 Å². The van der Waals surface area contributed by atoms with E-state index in [0.717, 1.165) is 5.56 Å². The maximum Gasteiger partial charge on any atom is 0.401 e. The van der Waals surface area contributed by atoms with E-state index in [2.05, 4.69) is 11.9 Å². The molecule has 82 valence electrons. The van der Waals surface area contributed by atoms with E-state index in [1.54, 1.807) is 0 Å². The Morgan fingerprint density at radius 1 is 1.20 bits per heavy atom. The number of nitrogens with one attached hydrogen (secondary N) is 1. The highest BCUT2D eigenvalue weighted by molar-refractivity contribution is 5.64. The van der Waals surface area contributed by atoms with Crippen LogP contribution in [-0.2, 0) is 0 Å². The molecule has 1 N–H and O–H groups in total. The molecular weight excluding hydrogens is 203 g/mol. The zero-order valence-corrected chi connectivity index (χ0v) is 8.14. The van der Waals surface area contributed by atoms with Crippen molar-refractivity contribution < 1.29 is 13.2 Å². The zero-order chi connectivity index (χ0) is 11.3. The minimum atomic E-state index is -4.17. The number of hydrogen-bond donors (Lipinski definition) is 1. The van der Waals surface area contributed by atoms with Crippen LogP contribution in [0.3, 0.4) is 0 Å². The molecule has 0 aromatic heterocycles. The SMILES string of the molecule is C=C(CNCC(F)(F)F)c1ccccc1. The Morgan fingerprint density at radius 3 is 2.33 bits per heavy atom. The highest BCUT2D eigenvalue weighted by atomic mass is 19.4. The molecule has 0 saturated heterocycles. The minimum absolute atomic E-state index is 0.142. The van der Waals surface area contributed by atoms with Crippen LogP contribution in [0.5, 0.6) is 0 Å². The van der Waals surface area contributed by atoms with Crippen LogP contribution >= 0.6 is 0 Å². The van der Waals surface area contributed by atoms with E-state index in [1.807, 2.05) is 30.3 Å². The Morgan fingerprint density at radius 2 is 1.80 bits per heavy atom. The Kier molecular flexibility index (Phi) is 3.91. The predicted molar refractivity (Wildman–Crippen MR) is 54.4 cm³/mol. The van der Waals surface area contributed by atoms with Gasteiger partial charge in [-0.25, -0.2) is 0 Å². The summed E-state index contributed by atoms with van der Waals surface area (Å²) in [6, 6.07) is 9.13. The molecule has 4 heteroatoms. The molecule has 0 aliphatic carbocycles. The number of halogens is 3. The smallest absolute Gasteiger partial charge is 0.305 e. The van der Waals surface area contributed by atoms with Crippen LogP contribution in [-0.4, -0.2) is 19.3 Å². The Hall–Kier alpha value is -1.29. The van der Waals surface area contributed by atoms with Gasteiger partial charge >= 0.3 is 6.18 Å². The van der Waals surface area contributed by atoms with Gasteiger partial charge in [0.15, 0.2) is 0 Å². The lowest BCUT2D eigenvalue weighted by Gasteiger charge is -2.09. The van der Waals surface area contributed by atoms with Crippen LogP contribution in [0.15, 0.2) is 36.9 Å². The van der Waals surface area contributed by atoms with Gasteiger partial charge in [0.05, 0.1) is 6.54 Å². The van der Waals surface area contributed by atoms with Gasteiger partial charge in [0.1, 0.15) is 0 Å². The summed E-state index contributed by atoms with van der Waals surface area (Å²) in [7, 11) is 0. The lowest BCUT2D eigenvalue weighted by Crippen LogP contribution is -2.29. The maximum atomic E-state index is 11.8. The first-order chi connectivity index (χ1) is 6.99. The third kappa shape index (κ3) is 4.65. The van der Waals surface area contributed by atoms with Gasteiger partial charge < -0.3 is 5.32 Å². The fourth-order valence-corrected chi connectivity index (χ4v) is 1.13. The van der Waals surface area contributed by atoms with E-state index in [9.17, 15) is 13.2 Å². The van der Waals surface area contributed by atoms with E-state index < -0.39 is 12.7 Å². The second-order valence-corrected chi connectivity index (χ2v) is 3.19. The summed E-state index contributed by atoms with van der Waals surface area (Å²) in [6.45, 7) is 2.87. The van der Waals surface area contributed by atoms with Crippen LogP contribution in [0.2, 0.25) is 0 Å². The lowest BCUT2D eigenvalue weighted by atomic mass is 10.1. The molecule has 1 rings (SSSR count). The van der Waals surface area contributed by atoms with Crippen molar-refractivity contribution in [3.8, 4) is 0 Å². The van der Waals surface area contributed by atoms with E-state index in [4.69, 9.17) is 0 Å². The molecular formula is C11H12F3N. The van der Waals surface area contributed by atoms with E-state index in [-0.39, 0.29) is 6.54 Å². The molecule has 1 nitrogen and oxygen atoms in total. The topological polar surface area (TPSA) is 12.0 Å². The molecule has 0 bridgehead atoms. The molecule has 0 fully saturated rings. The summed E-state index contributed by atoms with van der Waals surface area (Å²) < 4.78 is 35.4. The van der Waals surface area contributed by atoms with Gasteiger partial charge in [-0.2, -0.15) is 13.2 Å². The molecule has 0 heterocycles. The van der Waals surface area contributed by atoms with Gasteiger partial charge in [0, 0.05) is 6.54 Å². The van der Waals surface area contributed by atoms with Crippen molar-refractivity contribution in [2.75, 3.05) is 13.1 Å². The van der Waals surface area contributed by atoms with Gasteiger partial charge in [-0.1, -0.05) is 36.9 Å². The average Bonchev–Trinajstić information content (AvgIpc) is 2.17. The minimum Gasteiger partial charge on any atom is -0.305 e. The van der Waals surface area contributed by atoms with Crippen molar-refractivity contribution in [3.05, 3.63) is 42.5 Å². The fraction of sp³-hybridized carbons (Fsp3) is 0.273. The summed E-state index contributed by atoms with van der Waals surface area (Å²) in [4.78, 5) is 0. The Balaban J connectivity index is 2.38. The Labute approximate surface area is 86.6 Å². The first-order valence-corrected chi connectivity index (χ1v) is 4.50. The highest BCUT2D eigenvalue weighted by Crippen LogP contribution is 2.14. The van der Waals surface area contributed by atoms with Crippen molar-refractivity contribution >= 4 is 5.57 Å². The zero-order valence-electron chi connectivity index (χ0n) is 8.14. The third-order valence-corrected chi connectivity index (χ3v) is 1.85. The number of hydrogen-bond acceptors (Lipinski definition) is 1. The first kappa shape index (κ1) is 11.8. The van der Waals surface area contributed by atoms with Crippen LogP contribution < -0.4 is 5.32 Å². The van der Waals surface area contributed by atoms with Crippen LogP contribution in [0.25, 0.3) is 5.57 Å². The second-order valence-electron chi connectivity index (χ2n) is 3.19.